The Morgan fingerprint density at radius 3 is 2.53 bits per heavy atom. The molecular formula is C14H22ClN3O. The SMILES string of the molecule is CC(NC(=O)NC1CCNCC1)c1ccccc1.Cl. The molecule has 106 valence electrons. The lowest BCUT2D eigenvalue weighted by Crippen LogP contribution is -2.47. The fourth-order valence-corrected chi connectivity index (χ4v) is 2.22. The lowest BCUT2D eigenvalue weighted by Gasteiger charge is -2.25. The van der Waals surface area contributed by atoms with Crippen LogP contribution in [-0.2, 0) is 0 Å². The number of carbonyl (C=O) groups is 1. The minimum absolute atomic E-state index is 0. The third kappa shape index (κ3) is 5.09. The highest BCUT2D eigenvalue weighted by molar-refractivity contribution is 5.85. The summed E-state index contributed by atoms with van der Waals surface area (Å²) in [7, 11) is 0. The number of urea groups is 1. The summed E-state index contributed by atoms with van der Waals surface area (Å²) in [5, 5.41) is 9.29. The van der Waals surface area contributed by atoms with Crippen molar-refractivity contribution in [2.45, 2.75) is 31.8 Å². The van der Waals surface area contributed by atoms with Crippen molar-refractivity contribution in [1.82, 2.24) is 16.0 Å². The molecule has 1 aromatic carbocycles. The standard InChI is InChI=1S/C14H21N3O.ClH/c1-11(12-5-3-2-4-6-12)16-14(18)17-13-7-9-15-10-8-13;/h2-6,11,13,15H,7-10H2,1H3,(H2,16,17,18);1H. The minimum atomic E-state index is -0.0711. The van der Waals surface area contributed by atoms with Gasteiger partial charge in [-0.3, -0.25) is 0 Å². The summed E-state index contributed by atoms with van der Waals surface area (Å²) >= 11 is 0. The van der Waals surface area contributed by atoms with Crippen LogP contribution >= 0.6 is 12.4 Å². The van der Waals surface area contributed by atoms with Crippen LogP contribution in [0.5, 0.6) is 0 Å². The average molecular weight is 284 g/mol. The molecule has 1 fully saturated rings. The van der Waals surface area contributed by atoms with Crippen LogP contribution in [0.15, 0.2) is 30.3 Å². The number of nitrogens with one attached hydrogen (secondary N) is 3. The summed E-state index contributed by atoms with van der Waals surface area (Å²) in [6.45, 7) is 3.97. The quantitative estimate of drug-likeness (QED) is 0.797. The van der Waals surface area contributed by atoms with Crippen molar-refractivity contribution in [3.63, 3.8) is 0 Å². The summed E-state index contributed by atoms with van der Waals surface area (Å²) in [6, 6.07) is 10.3. The molecule has 1 aliphatic rings. The van der Waals surface area contributed by atoms with Crippen LogP contribution in [-0.4, -0.2) is 25.2 Å². The normalized spacial score (nSPS) is 17.1. The summed E-state index contributed by atoms with van der Waals surface area (Å²) in [5.74, 6) is 0. The maximum absolute atomic E-state index is 11.9. The molecule has 1 aromatic rings. The van der Waals surface area contributed by atoms with Gasteiger partial charge in [0, 0.05) is 6.04 Å². The van der Waals surface area contributed by atoms with E-state index in [0.29, 0.717) is 6.04 Å². The summed E-state index contributed by atoms with van der Waals surface area (Å²) < 4.78 is 0. The van der Waals surface area contributed by atoms with Crippen LogP contribution in [0.3, 0.4) is 0 Å². The maximum Gasteiger partial charge on any atom is 0.315 e. The van der Waals surface area contributed by atoms with E-state index in [0.717, 1.165) is 31.5 Å². The zero-order valence-electron chi connectivity index (χ0n) is 11.2. The summed E-state index contributed by atoms with van der Waals surface area (Å²) in [5.41, 5.74) is 1.12. The second-order valence-corrected chi connectivity index (χ2v) is 4.77. The van der Waals surface area contributed by atoms with Gasteiger partial charge in [-0.05, 0) is 38.4 Å². The predicted molar refractivity (Wildman–Crippen MR) is 79.7 cm³/mol. The molecule has 1 unspecified atom stereocenters. The molecule has 1 atom stereocenters. The highest BCUT2D eigenvalue weighted by atomic mass is 35.5. The van der Waals surface area contributed by atoms with E-state index < -0.39 is 0 Å². The molecule has 1 heterocycles. The molecule has 5 heteroatoms. The van der Waals surface area contributed by atoms with Crippen molar-refractivity contribution in [3.8, 4) is 0 Å². The first kappa shape index (κ1) is 15.8. The van der Waals surface area contributed by atoms with Crippen molar-refractivity contribution < 1.29 is 4.79 Å². The molecule has 0 aliphatic carbocycles. The summed E-state index contributed by atoms with van der Waals surface area (Å²) in [6.07, 6.45) is 2.01. The Kier molecular flexibility index (Phi) is 6.67. The molecule has 0 saturated carbocycles. The molecule has 3 N–H and O–H groups in total. The topological polar surface area (TPSA) is 53.2 Å². The molecule has 19 heavy (non-hydrogen) atoms. The van der Waals surface area contributed by atoms with Crippen LogP contribution < -0.4 is 16.0 Å². The number of carbonyl (C=O) groups excluding carboxylic acids is 1. The van der Waals surface area contributed by atoms with Crippen LogP contribution in [0.25, 0.3) is 0 Å². The molecule has 0 aromatic heterocycles. The number of halogens is 1. The first-order valence-electron chi connectivity index (χ1n) is 6.58. The Bertz CT molecular complexity index is 380. The molecular weight excluding hydrogens is 262 g/mol. The third-order valence-electron chi connectivity index (χ3n) is 3.32. The lowest BCUT2D eigenvalue weighted by atomic mass is 10.1. The third-order valence-corrected chi connectivity index (χ3v) is 3.32. The van der Waals surface area contributed by atoms with Gasteiger partial charge in [0.1, 0.15) is 0 Å². The van der Waals surface area contributed by atoms with E-state index in [1.54, 1.807) is 0 Å². The van der Waals surface area contributed by atoms with Gasteiger partial charge in [0.2, 0.25) is 0 Å². The molecule has 1 aliphatic heterocycles. The second-order valence-electron chi connectivity index (χ2n) is 4.77. The van der Waals surface area contributed by atoms with Crippen molar-refractivity contribution in [2.24, 2.45) is 0 Å². The highest BCUT2D eigenvalue weighted by Gasteiger charge is 2.16. The molecule has 0 spiro atoms. The monoisotopic (exact) mass is 283 g/mol. The Morgan fingerprint density at radius 1 is 1.26 bits per heavy atom. The zero-order chi connectivity index (χ0) is 12.8. The highest BCUT2D eigenvalue weighted by Crippen LogP contribution is 2.11. The van der Waals surface area contributed by atoms with Crippen LogP contribution in [0, 0.1) is 0 Å². The van der Waals surface area contributed by atoms with Crippen molar-refractivity contribution in [1.29, 1.82) is 0 Å². The number of amides is 2. The largest absolute Gasteiger partial charge is 0.335 e. The first-order valence-corrected chi connectivity index (χ1v) is 6.58. The van der Waals surface area contributed by atoms with Gasteiger partial charge in [-0.2, -0.15) is 0 Å². The first-order chi connectivity index (χ1) is 8.75. The molecule has 1 saturated heterocycles. The van der Waals surface area contributed by atoms with Crippen LogP contribution in [0.1, 0.15) is 31.4 Å². The van der Waals surface area contributed by atoms with Gasteiger partial charge in [0.25, 0.3) is 0 Å². The van der Waals surface area contributed by atoms with Crippen LogP contribution in [0.4, 0.5) is 4.79 Å². The van der Waals surface area contributed by atoms with Gasteiger partial charge in [0.15, 0.2) is 0 Å². The Labute approximate surface area is 120 Å². The number of rotatable bonds is 3. The van der Waals surface area contributed by atoms with E-state index in [-0.39, 0.29) is 24.5 Å². The summed E-state index contributed by atoms with van der Waals surface area (Å²) in [4.78, 5) is 11.9. The van der Waals surface area contributed by atoms with Gasteiger partial charge >= 0.3 is 6.03 Å². The van der Waals surface area contributed by atoms with E-state index >= 15 is 0 Å². The van der Waals surface area contributed by atoms with E-state index in [1.165, 1.54) is 0 Å². The average Bonchev–Trinajstić information content (AvgIpc) is 2.40. The number of piperidine rings is 1. The minimum Gasteiger partial charge on any atom is -0.335 e. The van der Waals surface area contributed by atoms with Crippen molar-refractivity contribution in [3.05, 3.63) is 35.9 Å². The predicted octanol–water partition coefficient (Wildman–Crippen LogP) is 2.22. The Hall–Kier alpha value is -1.26. The smallest absolute Gasteiger partial charge is 0.315 e. The van der Waals surface area contributed by atoms with Crippen LogP contribution in [0.2, 0.25) is 0 Å². The van der Waals surface area contributed by atoms with Crippen molar-refractivity contribution in [2.75, 3.05) is 13.1 Å². The molecule has 0 radical (unpaired) electrons. The van der Waals surface area contributed by atoms with Gasteiger partial charge in [-0.25, -0.2) is 4.79 Å². The van der Waals surface area contributed by atoms with Gasteiger partial charge in [-0.15, -0.1) is 12.4 Å². The molecule has 2 amide bonds. The molecule has 2 rings (SSSR count). The number of hydrogen-bond donors (Lipinski definition) is 3. The molecule has 4 nitrogen and oxygen atoms in total. The number of hydrogen-bond acceptors (Lipinski definition) is 2. The van der Waals surface area contributed by atoms with E-state index in [9.17, 15) is 4.79 Å². The fraction of sp³-hybridized carbons (Fsp3) is 0.500. The van der Waals surface area contributed by atoms with E-state index in [2.05, 4.69) is 16.0 Å². The molecule has 0 bridgehead atoms. The van der Waals surface area contributed by atoms with Gasteiger partial charge in [0.05, 0.1) is 6.04 Å². The van der Waals surface area contributed by atoms with Gasteiger partial charge in [-0.1, -0.05) is 30.3 Å². The van der Waals surface area contributed by atoms with E-state index in [1.807, 2.05) is 37.3 Å². The Balaban J connectivity index is 0.00000180. The zero-order valence-corrected chi connectivity index (χ0v) is 12.0. The fourth-order valence-electron chi connectivity index (χ4n) is 2.22. The van der Waals surface area contributed by atoms with Crippen molar-refractivity contribution >= 4 is 18.4 Å². The Morgan fingerprint density at radius 2 is 1.89 bits per heavy atom. The number of benzene rings is 1. The van der Waals surface area contributed by atoms with E-state index in [4.69, 9.17) is 0 Å². The van der Waals surface area contributed by atoms with Gasteiger partial charge < -0.3 is 16.0 Å². The maximum atomic E-state index is 11.9. The second kappa shape index (κ2) is 8.02. The lowest BCUT2D eigenvalue weighted by molar-refractivity contribution is 0.230.